The monoisotopic (exact) mass is 1470 g/mol. The van der Waals surface area contributed by atoms with Crippen molar-refractivity contribution in [3.05, 3.63) is 75.8 Å². The van der Waals surface area contributed by atoms with Crippen LogP contribution in [0.1, 0.15) is 164 Å². The molecule has 7 amide bonds. The summed E-state index contributed by atoms with van der Waals surface area (Å²) in [4.78, 5) is 138. The number of aliphatic hydroxyl groups is 2. The first-order chi connectivity index (χ1) is 46.4. The number of carbonyl (C=O) groups is 8. The molecule has 8 rings (SSSR count). The number of imidazole rings is 1. The summed E-state index contributed by atoms with van der Waals surface area (Å²) in [6.45, 7) is 27.3. The third-order valence-electron chi connectivity index (χ3n) is 21.5. The van der Waals surface area contributed by atoms with Crippen LogP contribution in [0.3, 0.4) is 0 Å². The van der Waals surface area contributed by atoms with Crippen LogP contribution >= 0.6 is 7.82 Å². The quantitative estimate of drug-likeness (QED) is 0.0429. The van der Waals surface area contributed by atoms with Crippen molar-refractivity contribution in [3.63, 3.8) is 0 Å². The van der Waals surface area contributed by atoms with Gasteiger partial charge in [0.05, 0.1) is 30.1 Å². The molecular weight excluding hydrogens is 1370 g/mol. The Morgan fingerprint density at radius 2 is 1.36 bits per heavy atom. The molecule has 16 atom stereocenters. The fraction of sp³-hybridized carbons (Fsp3) is 0.632. The minimum atomic E-state index is -5.32. The SMILES string of the molecule is C/C1=C2N=C(/C=C3N=C(/C(C)=C4\[N-][C@@](C)([C@@H]5N=C1[C@](C)(CCC(=O)NCC(C)OP(=O)([O-])O[C@H]1[C@@H](O)[C@@H](n6cnc7cc(C)c(C)cc76)O[C@@H]1CO)[C@H]5CC(N)=O)[C@@](C)(CC(N)=O)[C@@H]4CCC(N)=O)[C@@](C)(CC(N)=O)[C@@H]\3CCC(N)=O)C(C)(C)[C@@H]/2CCC(N)=O.CC(C)[C@H](N)C(=O)O.[C-]#N.[Co+3]. The van der Waals surface area contributed by atoms with Gasteiger partial charge in [-0.3, -0.25) is 57.9 Å². The molecule has 2 unspecified atom stereocenters. The number of nitrogens with zero attached hydrogens (tertiary/aromatic N) is 7. The number of aliphatic hydroxyl groups excluding tert-OH is 2. The van der Waals surface area contributed by atoms with Crippen molar-refractivity contribution in [2.24, 2.45) is 106 Å². The molecule has 0 spiro atoms. The molecule has 2 fully saturated rings. The third-order valence-corrected chi connectivity index (χ3v) is 22.6. The molecule has 31 nitrogen and oxygen atoms in total. The molecule has 33 heteroatoms. The number of nitrogens with one attached hydrogen (secondary N) is 1. The largest absolute Gasteiger partial charge is 3.00 e. The van der Waals surface area contributed by atoms with Crippen molar-refractivity contribution in [1.29, 1.82) is 5.26 Å². The molecule has 556 valence electrons. The number of rotatable bonds is 28. The van der Waals surface area contributed by atoms with E-state index in [0.29, 0.717) is 56.4 Å². The Hall–Kier alpha value is -7.57. The summed E-state index contributed by atoms with van der Waals surface area (Å²) in [5.74, 6) is -8.31. The van der Waals surface area contributed by atoms with Gasteiger partial charge in [-0.2, -0.15) is 5.70 Å². The van der Waals surface area contributed by atoms with E-state index in [1.165, 1.54) is 17.8 Å². The van der Waals surface area contributed by atoms with E-state index in [2.05, 4.69) is 10.3 Å². The van der Waals surface area contributed by atoms with Gasteiger partial charge in [-0.25, -0.2) is 4.98 Å². The van der Waals surface area contributed by atoms with Crippen molar-refractivity contribution in [2.75, 3.05) is 13.2 Å². The molecular formula is C68H99CoN15O16P. The van der Waals surface area contributed by atoms with E-state index in [4.69, 9.17) is 91.2 Å². The molecule has 0 saturated carbocycles. The Morgan fingerprint density at radius 3 is 1.88 bits per heavy atom. The number of carboxylic acid groups (broad SMARTS) is 1. The molecule has 0 radical (unpaired) electrons. The van der Waals surface area contributed by atoms with Crippen LogP contribution in [0.5, 0.6) is 0 Å². The number of aryl methyl sites for hydroxylation is 2. The summed E-state index contributed by atoms with van der Waals surface area (Å²) < 4.78 is 31.9. The van der Waals surface area contributed by atoms with Gasteiger partial charge in [-0.05, 0) is 124 Å². The number of benzene rings is 1. The van der Waals surface area contributed by atoms with Crippen LogP contribution in [-0.4, -0.2) is 145 Å². The zero-order valence-corrected chi connectivity index (χ0v) is 61.5. The zero-order chi connectivity index (χ0) is 75.4. The molecule has 7 heterocycles. The summed E-state index contributed by atoms with van der Waals surface area (Å²) in [5.41, 5.74) is 41.8. The number of hydrogen-bond acceptors (Lipinski definition) is 21. The number of hydrogen-bond donors (Lipinski definition) is 11. The Morgan fingerprint density at radius 1 is 0.792 bits per heavy atom. The number of amides is 7. The molecule has 0 aliphatic carbocycles. The number of phosphoric acid groups is 1. The standard InChI is InChI=1S/C62H90N13O14P.C5H11NO2.CN.Co/c1-29-20-39-40(21-30(29)2)75(28-70-39)57-52(84)53(41(27-76)87-57)89-90(85,86)88-31(3)26-69-49(83)18-19-59(8)37(22-46(66)80)56-62(11)61(10,25-48(68)82)36(14-17-45(65)79)51(74-62)33(5)55-60(9,24-47(67)81)34(12-15-43(63)77)38(71-55)23-42-58(6,7)35(13-16-44(64)78)50(72-42)32(4)54(59)73-56;1-3(2)4(6)5(7)8;1-2;/h20-21,23,28,31,34-37,41,52-53,56-57,76,84H,12-19,22,24-27H2,1-11H3,(H15,63,64,65,66,67,68,69,71,72,73,74,77,78,79,80,81,82,83,85,86);3-4H,6H2,1-2H3,(H,7,8);;/q;;-1;+3/p-2/t31?,34-,35-,36-,37+,41-,52-,53-,56-,57+,59-,60+,61+,62+;4-;;/m10../s1. The van der Waals surface area contributed by atoms with Gasteiger partial charge >= 0.3 is 22.7 Å². The summed E-state index contributed by atoms with van der Waals surface area (Å²) in [6, 6.07) is 1.94. The van der Waals surface area contributed by atoms with Crippen LogP contribution < -0.4 is 50.3 Å². The Labute approximate surface area is 598 Å². The van der Waals surface area contributed by atoms with Crippen LogP contribution in [0.25, 0.3) is 16.4 Å². The molecule has 6 aliphatic rings. The van der Waals surface area contributed by atoms with E-state index in [-0.39, 0.29) is 99.9 Å². The van der Waals surface area contributed by atoms with Crippen molar-refractivity contribution in [2.45, 2.75) is 209 Å². The molecule has 1 aromatic carbocycles. The Balaban J connectivity index is 0.00000156. The Bertz CT molecular complexity index is 3830. The first-order valence-electron chi connectivity index (χ1n) is 33.3. The normalized spacial score (nSPS) is 31.6. The van der Waals surface area contributed by atoms with Crippen molar-refractivity contribution in [1.82, 2.24) is 14.9 Å². The van der Waals surface area contributed by atoms with Crippen molar-refractivity contribution >= 4 is 83.3 Å². The molecule has 6 aliphatic heterocycles. The van der Waals surface area contributed by atoms with E-state index in [9.17, 15) is 58.0 Å². The zero-order valence-electron chi connectivity index (χ0n) is 59.5. The second-order valence-corrected chi connectivity index (χ2v) is 30.4. The summed E-state index contributed by atoms with van der Waals surface area (Å²) in [7, 11) is -5.32. The average molecular weight is 1470 g/mol. The predicted octanol–water partition coefficient (Wildman–Crippen LogP) is 3.46. The maximum atomic E-state index is 14.4. The fourth-order valence-electron chi connectivity index (χ4n) is 15.6. The molecule has 2 aromatic rings. The number of ether oxygens (including phenoxy) is 1. The number of aliphatic carboxylic acids is 1. The number of carboxylic acids is 1. The minimum absolute atomic E-state index is 0. The maximum absolute atomic E-state index is 14.4. The van der Waals surface area contributed by atoms with Gasteiger partial charge in [0.15, 0.2) is 6.23 Å². The van der Waals surface area contributed by atoms with Crippen LogP contribution in [-0.2, 0) is 73.5 Å². The second-order valence-electron chi connectivity index (χ2n) is 29.1. The van der Waals surface area contributed by atoms with Crippen LogP contribution in [0.2, 0.25) is 0 Å². The number of fused-ring (bicyclic) bond motifs is 7. The number of aliphatic imine (C=N–C) groups is 3. The Kier molecular flexibility index (Phi) is 27.3. The number of carbonyl (C=O) groups excluding carboxylic acids is 7. The second kappa shape index (κ2) is 32.8. The first-order valence-corrected chi connectivity index (χ1v) is 34.7. The predicted molar refractivity (Wildman–Crippen MR) is 367 cm³/mol. The van der Waals surface area contributed by atoms with Gasteiger partial charge in [-0.15, -0.1) is 0 Å². The summed E-state index contributed by atoms with van der Waals surface area (Å²) in [6.07, 6.45) is -4.79. The van der Waals surface area contributed by atoms with E-state index in [0.717, 1.165) is 11.1 Å². The number of allylic oxidation sites excluding steroid dienone is 6. The maximum Gasteiger partial charge on any atom is 3.00 e. The van der Waals surface area contributed by atoms with Gasteiger partial charge in [0.1, 0.15) is 24.4 Å². The van der Waals surface area contributed by atoms with Crippen LogP contribution in [0.4, 0.5) is 0 Å². The molecule has 2 saturated heterocycles. The average Bonchev–Trinajstić information content (AvgIpc) is 1.53. The molecule has 8 bridgehead atoms. The van der Waals surface area contributed by atoms with Gasteiger partial charge in [0, 0.05) is 114 Å². The van der Waals surface area contributed by atoms with E-state index in [1.54, 1.807) is 20.8 Å². The van der Waals surface area contributed by atoms with Crippen LogP contribution in [0, 0.1) is 76.9 Å². The van der Waals surface area contributed by atoms with E-state index >= 15 is 0 Å². The van der Waals surface area contributed by atoms with E-state index < -0.39 is 155 Å². The molecule has 101 heavy (non-hydrogen) atoms. The first kappa shape index (κ1) is 84.1. The number of phosphoric ester groups is 1. The van der Waals surface area contributed by atoms with Crippen molar-refractivity contribution in [3.8, 4) is 0 Å². The summed E-state index contributed by atoms with van der Waals surface area (Å²) >= 11 is 0. The minimum Gasteiger partial charge on any atom is -0.756 e. The summed E-state index contributed by atoms with van der Waals surface area (Å²) in [5, 5.41) is 44.6. The molecule has 1 aromatic heterocycles. The van der Waals surface area contributed by atoms with Crippen LogP contribution in [0.15, 0.2) is 67.8 Å². The van der Waals surface area contributed by atoms with Gasteiger partial charge in [-0.1, -0.05) is 60.9 Å². The van der Waals surface area contributed by atoms with Crippen molar-refractivity contribution < 1.29 is 93.7 Å². The molecule has 18 N–H and O–H groups in total. The topological polar surface area (TPSA) is 552 Å². The number of primary amides is 6. The fourth-order valence-corrected chi connectivity index (χ4v) is 16.7. The number of nitrogens with two attached hydrogens (primary N) is 7. The third kappa shape index (κ3) is 17.6. The van der Waals surface area contributed by atoms with Gasteiger partial charge in [0.25, 0.3) is 7.82 Å². The van der Waals surface area contributed by atoms with Gasteiger partial charge in [0.2, 0.25) is 41.4 Å². The number of aromatic nitrogens is 2. The van der Waals surface area contributed by atoms with E-state index in [1.807, 2.05) is 80.5 Å². The van der Waals surface area contributed by atoms with Gasteiger partial charge < -0.3 is 101 Å². The smallest absolute Gasteiger partial charge is 0.756 e.